The molecule has 1 aromatic heterocycles. The summed E-state index contributed by atoms with van der Waals surface area (Å²) in [6, 6.07) is 16.1. The van der Waals surface area contributed by atoms with Gasteiger partial charge in [0.1, 0.15) is 12.3 Å². The molecule has 0 radical (unpaired) electrons. The van der Waals surface area contributed by atoms with Crippen molar-refractivity contribution in [1.82, 2.24) is 15.4 Å². The van der Waals surface area contributed by atoms with Crippen LogP contribution in [0.5, 0.6) is 5.75 Å². The molecule has 0 spiro atoms. The monoisotopic (exact) mass is 377 g/mol. The Labute approximate surface area is 161 Å². The van der Waals surface area contributed by atoms with E-state index in [9.17, 15) is 14.4 Å². The molecule has 28 heavy (non-hydrogen) atoms. The topological polar surface area (TPSA) is 89.4 Å². The minimum atomic E-state index is -0.505. The first kappa shape index (κ1) is 18.9. The van der Waals surface area contributed by atoms with E-state index in [4.69, 9.17) is 4.74 Å². The largest absolute Gasteiger partial charge is 0.497 e. The van der Waals surface area contributed by atoms with Crippen molar-refractivity contribution < 1.29 is 14.3 Å². The first-order valence-electron chi connectivity index (χ1n) is 8.55. The third-order valence-corrected chi connectivity index (χ3v) is 4.04. The lowest BCUT2D eigenvalue weighted by Gasteiger charge is -2.07. The van der Waals surface area contributed by atoms with Crippen molar-refractivity contribution in [2.75, 3.05) is 7.11 Å². The standard InChI is InChI=1S/C21H19N3O4/c1-28-18-9-8-16-12-15(5-7-17(16)13-18)6-10-19(25)22-23-20(26)14-24-11-3-2-4-21(24)27/h2-13H,14H2,1H3,(H,22,25)(H,23,26)/b10-6+. The molecule has 2 N–H and O–H groups in total. The fourth-order valence-corrected chi connectivity index (χ4v) is 2.60. The molecule has 3 aromatic rings. The van der Waals surface area contributed by atoms with Crippen LogP contribution in [0.15, 0.2) is 71.7 Å². The van der Waals surface area contributed by atoms with Crippen LogP contribution in [-0.4, -0.2) is 23.5 Å². The Kier molecular flexibility index (Phi) is 5.86. The summed E-state index contributed by atoms with van der Waals surface area (Å²) in [5.74, 6) is -0.207. The van der Waals surface area contributed by atoms with Crippen molar-refractivity contribution in [2.24, 2.45) is 0 Å². The molecule has 7 nitrogen and oxygen atoms in total. The maximum absolute atomic E-state index is 11.9. The predicted molar refractivity (Wildman–Crippen MR) is 107 cm³/mol. The van der Waals surface area contributed by atoms with E-state index in [1.165, 1.54) is 22.9 Å². The van der Waals surface area contributed by atoms with Gasteiger partial charge >= 0.3 is 0 Å². The first-order valence-corrected chi connectivity index (χ1v) is 8.55. The lowest BCUT2D eigenvalue weighted by atomic mass is 10.1. The number of fused-ring (bicyclic) bond motifs is 1. The van der Waals surface area contributed by atoms with Crippen LogP contribution in [0.1, 0.15) is 5.56 Å². The summed E-state index contributed by atoms with van der Waals surface area (Å²) in [5.41, 5.74) is 5.11. The van der Waals surface area contributed by atoms with Crippen molar-refractivity contribution in [3.63, 3.8) is 0 Å². The van der Waals surface area contributed by atoms with Crippen molar-refractivity contribution in [2.45, 2.75) is 6.54 Å². The van der Waals surface area contributed by atoms with Gasteiger partial charge in [-0.1, -0.05) is 24.3 Å². The zero-order valence-electron chi connectivity index (χ0n) is 15.2. The highest BCUT2D eigenvalue weighted by atomic mass is 16.5. The first-order chi connectivity index (χ1) is 13.5. The molecule has 0 atom stereocenters. The van der Waals surface area contributed by atoms with E-state index in [-0.39, 0.29) is 12.1 Å². The summed E-state index contributed by atoms with van der Waals surface area (Å²) in [6.45, 7) is -0.183. The molecule has 0 saturated heterocycles. The second-order valence-corrected chi connectivity index (χ2v) is 6.01. The van der Waals surface area contributed by atoms with Crippen LogP contribution in [0.4, 0.5) is 0 Å². The molecule has 2 amide bonds. The van der Waals surface area contributed by atoms with Gasteiger partial charge in [-0.05, 0) is 46.7 Å². The highest BCUT2D eigenvalue weighted by molar-refractivity contribution is 5.94. The predicted octanol–water partition coefficient (Wildman–Crippen LogP) is 1.87. The van der Waals surface area contributed by atoms with Gasteiger partial charge in [-0.2, -0.15) is 0 Å². The molecule has 0 unspecified atom stereocenters. The van der Waals surface area contributed by atoms with Crippen molar-refractivity contribution >= 4 is 28.7 Å². The number of amides is 2. The number of hydrazine groups is 1. The van der Waals surface area contributed by atoms with Crippen LogP contribution in [0.25, 0.3) is 16.8 Å². The maximum Gasteiger partial charge on any atom is 0.262 e. The van der Waals surface area contributed by atoms with Crippen molar-refractivity contribution in [1.29, 1.82) is 0 Å². The summed E-state index contributed by atoms with van der Waals surface area (Å²) in [5, 5.41) is 2.05. The zero-order chi connectivity index (χ0) is 19.9. The van der Waals surface area contributed by atoms with Gasteiger partial charge in [-0.25, -0.2) is 0 Å². The fraction of sp³-hybridized carbons (Fsp3) is 0.0952. The number of methoxy groups -OCH3 is 1. The molecule has 0 aliphatic rings. The summed E-state index contributed by atoms with van der Waals surface area (Å²) in [7, 11) is 1.62. The van der Waals surface area contributed by atoms with E-state index in [2.05, 4.69) is 10.9 Å². The number of ether oxygens (including phenoxy) is 1. The number of benzene rings is 2. The minimum Gasteiger partial charge on any atom is -0.497 e. The van der Waals surface area contributed by atoms with Gasteiger partial charge in [-0.15, -0.1) is 0 Å². The molecule has 0 bridgehead atoms. The summed E-state index contributed by atoms with van der Waals surface area (Å²) in [4.78, 5) is 35.3. The number of carbonyl (C=O) groups excluding carboxylic acids is 2. The lowest BCUT2D eigenvalue weighted by Crippen LogP contribution is -2.43. The summed E-state index contributed by atoms with van der Waals surface area (Å²) in [6.07, 6.45) is 4.46. The lowest BCUT2D eigenvalue weighted by molar-refractivity contribution is -0.127. The van der Waals surface area contributed by atoms with Crippen LogP contribution in [0.3, 0.4) is 0 Å². The Morgan fingerprint density at radius 1 is 1.04 bits per heavy atom. The quantitative estimate of drug-likeness (QED) is 0.525. The second kappa shape index (κ2) is 8.68. The van der Waals surface area contributed by atoms with Gasteiger partial charge < -0.3 is 9.30 Å². The van der Waals surface area contributed by atoms with Gasteiger partial charge in [0.25, 0.3) is 17.4 Å². The molecule has 1 heterocycles. The third-order valence-electron chi connectivity index (χ3n) is 4.04. The molecule has 0 aliphatic heterocycles. The molecule has 3 rings (SSSR count). The Hall–Kier alpha value is -3.87. The van der Waals surface area contributed by atoms with Gasteiger partial charge in [-0.3, -0.25) is 25.2 Å². The summed E-state index contributed by atoms with van der Waals surface area (Å²) < 4.78 is 6.44. The van der Waals surface area contributed by atoms with E-state index < -0.39 is 11.8 Å². The van der Waals surface area contributed by atoms with E-state index in [0.29, 0.717) is 0 Å². The van der Waals surface area contributed by atoms with E-state index in [0.717, 1.165) is 22.1 Å². The number of aromatic nitrogens is 1. The number of rotatable bonds is 5. The fourth-order valence-electron chi connectivity index (χ4n) is 2.60. The van der Waals surface area contributed by atoms with Gasteiger partial charge in [0.15, 0.2) is 0 Å². The molecule has 0 saturated carbocycles. The third kappa shape index (κ3) is 4.85. The molecule has 142 valence electrons. The zero-order valence-corrected chi connectivity index (χ0v) is 15.2. The number of pyridine rings is 1. The summed E-state index contributed by atoms with van der Waals surface area (Å²) >= 11 is 0. The van der Waals surface area contributed by atoms with Crippen LogP contribution >= 0.6 is 0 Å². The van der Waals surface area contributed by atoms with Gasteiger partial charge in [0.05, 0.1) is 7.11 Å². The molecule has 7 heteroatoms. The van der Waals surface area contributed by atoms with Crippen LogP contribution in [-0.2, 0) is 16.1 Å². The minimum absolute atomic E-state index is 0.183. The number of hydrogen-bond acceptors (Lipinski definition) is 4. The molecular formula is C21H19N3O4. The van der Waals surface area contributed by atoms with Crippen molar-refractivity contribution in [3.05, 3.63) is 82.8 Å². The number of nitrogens with zero attached hydrogens (tertiary/aromatic N) is 1. The Bertz CT molecular complexity index is 1100. The van der Waals surface area contributed by atoms with Crippen LogP contribution in [0.2, 0.25) is 0 Å². The van der Waals surface area contributed by atoms with E-state index in [1.54, 1.807) is 25.3 Å². The van der Waals surface area contributed by atoms with Gasteiger partial charge in [0, 0.05) is 18.3 Å². The molecule has 2 aromatic carbocycles. The van der Waals surface area contributed by atoms with E-state index >= 15 is 0 Å². The number of carbonyl (C=O) groups is 2. The van der Waals surface area contributed by atoms with Crippen LogP contribution in [0, 0.1) is 0 Å². The van der Waals surface area contributed by atoms with Gasteiger partial charge in [0.2, 0.25) is 0 Å². The van der Waals surface area contributed by atoms with E-state index in [1.807, 2.05) is 36.4 Å². The smallest absolute Gasteiger partial charge is 0.262 e. The van der Waals surface area contributed by atoms with Crippen LogP contribution < -0.4 is 21.1 Å². The molecule has 0 fully saturated rings. The Morgan fingerprint density at radius 2 is 1.82 bits per heavy atom. The Balaban J connectivity index is 1.56. The highest BCUT2D eigenvalue weighted by Gasteiger charge is 2.04. The average molecular weight is 377 g/mol. The SMILES string of the molecule is COc1ccc2cc(/C=C/C(=O)NNC(=O)Cn3ccccc3=O)ccc2c1. The molecular weight excluding hydrogens is 358 g/mol. The second-order valence-electron chi connectivity index (χ2n) is 6.01. The maximum atomic E-state index is 11.9. The highest BCUT2D eigenvalue weighted by Crippen LogP contribution is 2.22. The normalized spacial score (nSPS) is 10.8. The number of hydrogen-bond donors (Lipinski definition) is 2. The number of nitrogens with one attached hydrogen (secondary N) is 2. The average Bonchev–Trinajstić information content (AvgIpc) is 2.72. The Morgan fingerprint density at radius 3 is 2.61 bits per heavy atom. The van der Waals surface area contributed by atoms with Crippen molar-refractivity contribution in [3.8, 4) is 5.75 Å². The molecule has 0 aliphatic carbocycles.